The molecule has 19 heavy (non-hydrogen) atoms. The van der Waals surface area contributed by atoms with Crippen LogP contribution < -0.4 is 0 Å². The van der Waals surface area contributed by atoms with E-state index in [0.717, 1.165) is 12.1 Å². The van der Waals surface area contributed by atoms with Crippen LogP contribution >= 0.6 is 11.6 Å². The summed E-state index contributed by atoms with van der Waals surface area (Å²) in [6, 6.07) is 1.61. The summed E-state index contributed by atoms with van der Waals surface area (Å²) in [6.07, 6.45) is 0.130. The first kappa shape index (κ1) is 14.2. The first-order valence-corrected chi connectivity index (χ1v) is 6.40. The number of halogens is 3. The average Bonchev–Trinajstić information content (AvgIpc) is 2.82. The molecule has 1 aliphatic heterocycles. The summed E-state index contributed by atoms with van der Waals surface area (Å²) in [4.78, 5) is 13.5. The summed E-state index contributed by atoms with van der Waals surface area (Å²) in [7, 11) is 0. The largest absolute Gasteiger partial charge is 0.393 e. The average molecular weight is 290 g/mol. The molecule has 1 amide bonds. The van der Waals surface area contributed by atoms with Gasteiger partial charge in [-0.15, -0.1) is 0 Å². The smallest absolute Gasteiger partial charge is 0.256 e. The van der Waals surface area contributed by atoms with Crippen LogP contribution in [-0.2, 0) is 0 Å². The third kappa shape index (κ3) is 2.87. The van der Waals surface area contributed by atoms with E-state index in [0.29, 0.717) is 19.5 Å². The summed E-state index contributed by atoms with van der Waals surface area (Å²) in [5, 5.41) is 9.12. The predicted octanol–water partition coefficient (Wildman–Crippen LogP) is 2.46. The molecule has 2 rings (SSSR count). The van der Waals surface area contributed by atoms with E-state index >= 15 is 0 Å². The van der Waals surface area contributed by atoms with Crippen molar-refractivity contribution in [2.24, 2.45) is 5.92 Å². The van der Waals surface area contributed by atoms with Crippen molar-refractivity contribution in [3.63, 3.8) is 0 Å². The van der Waals surface area contributed by atoms with E-state index in [9.17, 15) is 18.7 Å². The second-order valence-corrected chi connectivity index (χ2v) is 5.19. The summed E-state index contributed by atoms with van der Waals surface area (Å²) < 4.78 is 26.9. The zero-order valence-corrected chi connectivity index (χ0v) is 11.1. The molecule has 1 fully saturated rings. The van der Waals surface area contributed by atoms with Gasteiger partial charge in [0, 0.05) is 19.0 Å². The quantitative estimate of drug-likeness (QED) is 0.850. The van der Waals surface area contributed by atoms with E-state index in [2.05, 4.69) is 0 Å². The maximum atomic E-state index is 13.6. The summed E-state index contributed by atoms with van der Waals surface area (Å²) in [5.41, 5.74) is -0.326. The molecule has 0 saturated carbocycles. The SMILES string of the molecule is CC(O)C1CCN(C(=O)c2cc(F)c(Cl)cc2F)C1. The minimum absolute atomic E-state index is 0.0239. The highest BCUT2D eigenvalue weighted by Crippen LogP contribution is 2.24. The Bertz CT molecular complexity index is 508. The second-order valence-electron chi connectivity index (χ2n) is 4.79. The Balaban J connectivity index is 2.19. The van der Waals surface area contributed by atoms with Crippen molar-refractivity contribution in [3.8, 4) is 0 Å². The molecule has 0 aliphatic carbocycles. The molecule has 1 N–H and O–H groups in total. The number of aliphatic hydroxyl groups excluding tert-OH is 1. The zero-order valence-electron chi connectivity index (χ0n) is 10.4. The van der Waals surface area contributed by atoms with Crippen molar-refractivity contribution in [2.75, 3.05) is 13.1 Å². The molecule has 104 valence electrons. The number of carbonyl (C=O) groups excluding carboxylic acids is 1. The summed E-state index contributed by atoms with van der Waals surface area (Å²) in [6.45, 7) is 2.43. The molecule has 2 atom stereocenters. The number of nitrogens with zero attached hydrogens (tertiary/aromatic N) is 1. The lowest BCUT2D eigenvalue weighted by Crippen LogP contribution is -2.31. The topological polar surface area (TPSA) is 40.5 Å². The lowest BCUT2D eigenvalue weighted by molar-refractivity contribution is 0.0757. The van der Waals surface area contributed by atoms with Gasteiger partial charge in [-0.1, -0.05) is 11.6 Å². The van der Waals surface area contributed by atoms with E-state index in [1.54, 1.807) is 6.92 Å². The molecule has 3 nitrogen and oxygen atoms in total. The van der Waals surface area contributed by atoms with Gasteiger partial charge >= 0.3 is 0 Å². The number of amides is 1. The van der Waals surface area contributed by atoms with Gasteiger partial charge in [-0.25, -0.2) is 8.78 Å². The van der Waals surface area contributed by atoms with Crippen LogP contribution in [0.3, 0.4) is 0 Å². The Labute approximate surface area is 114 Å². The number of hydrogen-bond acceptors (Lipinski definition) is 2. The van der Waals surface area contributed by atoms with Gasteiger partial charge in [-0.05, 0) is 25.5 Å². The summed E-state index contributed by atoms with van der Waals surface area (Å²) >= 11 is 5.44. The first-order valence-electron chi connectivity index (χ1n) is 6.02. The van der Waals surface area contributed by atoms with Crippen LogP contribution in [0.15, 0.2) is 12.1 Å². The highest BCUT2D eigenvalue weighted by Gasteiger charge is 2.31. The van der Waals surface area contributed by atoms with Crippen LogP contribution in [-0.4, -0.2) is 35.1 Å². The Morgan fingerprint density at radius 3 is 2.74 bits per heavy atom. The second kappa shape index (κ2) is 5.43. The number of likely N-dealkylation sites (tertiary alicyclic amines) is 1. The van der Waals surface area contributed by atoms with Gasteiger partial charge in [0.2, 0.25) is 0 Å². The van der Waals surface area contributed by atoms with Crippen LogP contribution in [0.5, 0.6) is 0 Å². The lowest BCUT2D eigenvalue weighted by atomic mass is 10.0. The van der Waals surface area contributed by atoms with Gasteiger partial charge in [0.15, 0.2) is 0 Å². The fourth-order valence-electron chi connectivity index (χ4n) is 2.22. The number of aliphatic hydroxyl groups is 1. The van der Waals surface area contributed by atoms with Gasteiger partial charge < -0.3 is 10.0 Å². The fraction of sp³-hybridized carbons (Fsp3) is 0.462. The molecule has 0 aromatic heterocycles. The normalized spacial score (nSPS) is 20.7. The van der Waals surface area contributed by atoms with Gasteiger partial charge in [-0.2, -0.15) is 0 Å². The van der Waals surface area contributed by atoms with Crippen molar-refractivity contribution in [1.82, 2.24) is 4.90 Å². The van der Waals surface area contributed by atoms with E-state index in [1.807, 2.05) is 0 Å². The molecule has 1 saturated heterocycles. The van der Waals surface area contributed by atoms with E-state index in [1.165, 1.54) is 4.90 Å². The van der Waals surface area contributed by atoms with E-state index in [-0.39, 0.29) is 16.5 Å². The fourth-order valence-corrected chi connectivity index (χ4v) is 2.37. The third-order valence-corrected chi connectivity index (χ3v) is 3.72. The third-order valence-electron chi connectivity index (χ3n) is 3.43. The lowest BCUT2D eigenvalue weighted by Gasteiger charge is -2.18. The molecular weight excluding hydrogens is 276 g/mol. The molecular formula is C13H14ClF2NO2. The van der Waals surface area contributed by atoms with Crippen molar-refractivity contribution < 1.29 is 18.7 Å². The molecule has 2 unspecified atom stereocenters. The van der Waals surface area contributed by atoms with Gasteiger partial charge in [-0.3, -0.25) is 4.79 Å². The molecule has 1 aromatic rings. The molecule has 0 bridgehead atoms. The Morgan fingerprint density at radius 2 is 2.16 bits per heavy atom. The monoisotopic (exact) mass is 289 g/mol. The van der Waals surface area contributed by atoms with Crippen LogP contribution in [0.25, 0.3) is 0 Å². The van der Waals surface area contributed by atoms with Crippen LogP contribution in [0, 0.1) is 17.6 Å². The van der Waals surface area contributed by atoms with Crippen molar-refractivity contribution >= 4 is 17.5 Å². The van der Waals surface area contributed by atoms with E-state index in [4.69, 9.17) is 11.6 Å². The van der Waals surface area contributed by atoms with Gasteiger partial charge in [0.1, 0.15) is 11.6 Å². The zero-order chi connectivity index (χ0) is 14.2. The number of rotatable bonds is 2. The first-order chi connectivity index (χ1) is 8.90. The maximum Gasteiger partial charge on any atom is 0.256 e. The maximum absolute atomic E-state index is 13.6. The van der Waals surface area contributed by atoms with Gasteiger partial charge in [0.05, 0.1) is 16.7 Å². The standard InChI is InChI=1S/C13H14ClF2NO2/c1-7(18)8-2-3-17(6-8)13(19)9-4-12(16)10(14)5-11(9)15/h4-5,7-8,18H,2-3,6H2,1H3. The highest BCUT2D eigenvalue weighted by molar-refractivity contribution is 6.30. The number of benzene rings is 1. The van der Waals surface area contributed by atoms with Crippen LogP contribution in [0.1, 0.15) is 23.7 Å². The van der Waals surface area contributed by atoms with Gasteiger partial charge in [0.25, 0.3) is 5.91 Å². The number of carbonyl (C=O) groups is 1. The minimum Gasteiger partial charge on any atom is -0.393 e. The predicted molar refractivity (Wildman–Crippen MR) is 67.1 cm³/mol. The summed E-state index contributed by atoms with van der Waals surface area (Å²) in [5.74, 6) is -2.25. The van der Waals surface area contributed by atoms with Crippen LogP contribution in [0.4, 0.5) is 8.78 Å². The minimum atomic E-state index is -0.836. The van der Waals surface area contributed by atoms with Crippen molar-refractivity contribution in [1.29, 1.82) is 0 Å². The molecule has 1 aliphatic rings. The molecule has 0 spiro atoms. The molecule has 6 heteroatoms. The number of hydrogen-bond donors (Lipinski definition) is 1. The Hall–Kier alpha value is -1.20. The molecule has 0 radical (unpaired) electrons. The molecule has 1 heterocycles. The van der Waals surface area contributed by atoms with Crippen molar-refractivity contribution in [2.45, 2.75) is 19.4 Å². The highest BCUT2D eigenvalue weighted by atomic mass is 35.5. The Morgan fingerprint density at radius 1 is 1.47 bits per heavy atom. The van der Waals surface area contributed by atoms with Crippen LogP contribution in [0.2, 0.25) is 5.02 Å². The van der Waals surface area contributed by atoms with E-state index < -0.39 is 23.6 Å². The van der Waals surface area contributed by atoms with Crippen molar-refractivity contribution in [3.05, 3.63) is 34.4 Å². The Kier molecular flexibility index (Phi) is 4.06. The molecule has 1 aromatic carbocycles.